The molecule has 0 bridgehead atoms. The highest BCUT2D eigenvalue weighted by atomic mass is 15.1. The summed E-state index contributed by atoms with van der Waals surface area (Å²) in [4.78, 5) is 2.44. The highest BCUT2D eigenvalue weighted by molar-refractivity contribution is 6.28. The number of para-hydroxylation sites is 2. The van der Waals surface area contributed by atoms with Crippen LogP contribution in [0.5, 0.6) is 0 Å². The molecule has 1 nitrogen and oxygen atoms in total. The standard InChI is InChI=1S/C42H27N/c1-2-13-29(14-3-1)43-40-24-11-10-20-36(40)32-16-5-6-17-33(32)37-26-25-28(27-41(37)43)30-22-12-23-39-35-18-7-4-15-31(35)34-19-8-9-21-38(34)42(30)39/h1-27H. The van der Waals surface area contributed by atoms with Crippen LogP contribution in [0.1, 0.15) is 0 Å². The van der Waals surface area contributed by atoms with Crippen molar-refractivity contribution in [1.29, 1.82) is 0 Å². The van der Waals surface area contributed by atoms with E-state index in [0.29, 0.717) is 0 Å². The van der Waals surface area contributed by atoms with Gasteiger partial charge in [0.1, 0.15) is 0 Å². The Labute approximate surface area is 250 Å². The summed E-state index contributed by atoms with van der Waals surface area (Å²) >= 11 is 0. The summed E-state index contributed by atoms with van der Waals surface area (Å²) in [5.74, 6) is 0. The summed E-state index contributed by atoms with van der Waals surface area (Å²) in [6, 6.07) is 59.8. The van der Waals surface area contributed by atoms with Crippen LogP contribution in [0.15, 0.2) is 164 Å². The summed E-state index contributed by atoms with van der Waals surface area (Å²) in [6.45, 7) is 0. The molecule has 0 saturated heterocycles. The number of rotatable bonds is 2. The van der Waals surface area contributed by atoms with E-state index in [1.54, 1.807) is 0 Å². The molecule has 0 aliphatic carbocycles. The topological polar surface area (TPSA) is 3.24 Å². The van der Waals surface area contributed by atoms with Crippen LogP contribution in [0.25, 0.3) is 65.7 Å². The minimum Gasteiger partial charge on any atom is -0.309 e. The average Bonchev–Trinajstić information content (AvgIpc) is 3.21. The molecule has 1 aliphatic rings. The van der Waals surface area contributed by atoms with E-state index >= 15 is 0 Å². The van der Waals surface area contributed by atoms with Crippen LogP contribution in [-0.4, -0.2) is 0 Å². The second kappa shape index (κ2) is 9.44. The summed E-state index contributed by atoms with van der Waals surface area (Å²) in [7, 11) is 0. The van der Waals surface area contributed by atoms with E-state index in [0.717, 1.165) is 5.69 Å². The van der Waals surface area contributed by atoms with E-state index < -0.39 is 0 Å². The van der Waals surface area contributed by atoms with Gasteiger partial charge in [0.05, 0.1) is 11.4 Å². The Morgan fingerprint density at radius 2 is 0.791 bits per heavy atom. The van der Waals surface area contributed by atoms with Gasteiger partial charge >= 0.3 is 0 Å². The lowest BCUT2D eigenvalue weighted by atomic mass is 9.88. The van der Waals surface area contributed by atoms with Gasteiger partial charge in [-0.1, -0.05) is 140 Å². The molecule has 0 atom stereocenters. The van der Waals surface area contributed by atoms with E-state index in [4.69, 9.17) is 0 Å². The lowest BCUT2D eigenvalue weighted by Gasteiger charge is -2.28. The molecule has 8 aromatic rings. The van der Waals surface area contributed by atoms with Crippen LogP contribution >= 0.6 is 0 Å². The fourth-order valence-electron chi connectivity index (χ4n) is 7.14. The first-order valence-electron chi connectivity index (χ1n) is 14.9. The van der Waals surface area contributed by atoms with Crippen molar-refractivity contribution in [3.05, 3.63) is 164 Å². The van der Waals surface area contributed by atoms with Gasteiger partial charge in [0, 0.05) is 16.8 Å². The largest absolute Gasteiger partial charge is 0.309 e. The minimum atomic E-state index is 1.15. The van der Waals surface area contributed by atoms with Gasteiger partial charge in [-0.05, 0) is 78.8 Å². The normalized spacial score (nSPS) is 12.1. The molecule has 1 aliphatic heterocycles. The molecular weight excluding hydrogens is 518 g/mol. The van der Waals surface area contributed by atoms with Gasteiger partial charge in [0.15, 0.2) is 0 Å². The summed E-state index contributed by atoms with van der Waals surface area (Å²) < 4.78 is 0. The predicted molar refractivity (Wildman–Crippen MR) is 184 cm³/mol. The minimum absolute atomic E-state index is 1.15. The van der Waals surface area contributed by atoms with Crippen molar-refractivity contribution in [1.82, 2.24) is 0 Å². The molecule has 0 saturated carbocycles. The molecule has 0 fully saturated rings. The Kier molecular flexibility index (Phi) is 5.27. The second-order valence-electron chi connectivity index (χ2n) is 11.3. The quantitative estimate of drug-likeness (QED) is 0.195. The van der Waals surface area contributed by atoms with Gasteiger partial charge < -0.3 is 4.90 Å². The highest BCUT2D eigenvalue weighted by Crippen LogP contribution is 2.52. The van der Waals surface area contributed by atoms with Gasteiger partial charge in [-0.15, -0.1) is 0 Å². The highest BCUT2D eigenvalue weighted by Gasteiger charge is 2.26. The molecule has 9 rings (SSSR count). The van der Waals surface area contributed by atoms with Gasteiger partial charge in [0.25, 0.3) is 0 Å². The average molecular weight is 546 g/mol. The zero-order chi connectivity index (χ0) is 28.3. The van der Waals surface area contributed by atoms with E-state index in [1.165, 1.54) is 77.1 Å². The molecule has 200 valence electrons. The first kappa shape index (κ1) is 24.0. The Morgan fingerprint density at radius 3 is 1.49 bits per heavy atom. The van der Waals surface area contributed by atoms with E-state index in [2.05, 4.69) is 169 Å². The Balaban J connectivity index is 1.39. The molecule has 0 spiro atoms. The third-order valence-corrected chi connectivity index (χ3v) is 8.98. The molecule has 43 heavy (non-hydrogen) atoms. The summed E-state index contributed by atoms with van der Waals surface area (Å²) in [5.41, 5.74) is 11.0. The first-order chi connectivity index (χ1) is 21.4. The van der Waals surface area contributed by atoms with Gasteiger partial charge in [-0.3, -0.25) is 0 Å². The van der Waals surface area contributed by atoms with Crippen LogP contribution in [0.3, 0.4) is 0 Å². The molecule has 0 N–H and O–H groups in total. The fourth-order valence-corrected chi connectivity index (χ4v) is 7.14. The number of hydrogen-bond acceptors (Lipinski definition) is 1. The van der Waals surface area contributed by atoms with Crippen molar-refractivity contribution in [2.45, 2.75) is 0 Å². The van der Waals surface area contributed by atoms with Crippen molar-refractivity contribution in [3.8, 4) is 33.4 Å². The predicted octanol–water partition coefficient (Wildman–Crippen LogP) is 11.9. The SMILES string of the molecule is c1ccc(N2c3ccccc3-c3ccccc3-c3ccc(-c4cccc5c6ccccc6c6ccccc6c45)cc32)cc1. The van der Waals surface area contributed by atoms with Crippen molar-refractivity contribution in [2.24, 2.45) is 0 Å². The zero-order valence-electron chi connectivity index (χ0n) is 23.5. The number of fused-ring (bicyclic) bond motifs is 11. The molecule has 1 heterocycles. The Hall–Kier alpha value is -5.66. The van der Waals surface area contributed by atoms with Crippen molar-refractivity contribution < 1.29 is 0 Å². The van der Waals surface area contributed by atoms with Gasteiger partial charge in [-0.2, -0.15) is 0 Å². The third-order valence-electron chi connectivity index (χ3n) is 8.98. The van der Waals surface area contributed by atoms with Crippen LogP contribution < -0.4 is 4.90 Å². The summed E-state index contributed by atoms with van der Waals surface area (Å²) in [5, 5.41) is 7.77. The zero-order valence-corrected chi connectivity index (χ0v) is 23.5. The maximum absolute atomic E-state index is 2.44. The Morgan fingerprint density at radius 1 is 0.302 bits per heavy atom. The van der Waals surface area contributed by atoms with Gasteiger partial charge in [0.2, 0.25) is 0 Å². The fraction of sp³-hybridized carbons (Fsp3) is 0. The molecule has 1 heteroatoms. The molecule has 0 unspecified atom stereocenters. The maximum Gasteiger partial charge on any atom is 0.0546 e. The monoisotopic (exact) mass is 545 g/mol. The molecule has 0 amide bonds. The number of nitrogens with zero attached hydrogens (tertiary/aromatic N) is 1. The lowest BCUT2D eigenvalue weighted by Crippen LogP contribution is -2.10. The number of hydrogen-bond donors (Lipinski definition) is 0. The molecule has 8 aromatic carbocycles. The van der Waals surface area contributed by atoms with Crippen LogP contribution in [-0.2, 0) is 0 Å². The maximum atomic E-state index is 2.44. The Bertz CT molecular complexity index is 2300. The van der Waals surface area contributed by atoms with Crippen LogP contribution in [0.2, 0.25) is 0 Å². The first-order valence-corrected chi connectivity index (χ1v) is 14.9. The van der Waals surface area contributed by atoms with Crippen molar-refractivity contribution >= 4 is 49.4 Å². The smallest absolute Gasteiger partial charge is 0.0546 e. The van der Waals surface area contributed by atoms with Crippen molar-refractivity contribution in [2.75, 3.05) is 4.90 Å². The third kappa shape index (κ3) is 3.58. The van der Waals surface area contributed by atoms with Crippen molar-refractivity contribution in [3.63, 3.8) is 0 Å². The van der Waals surface area contributed by atoms with Gasteiger partial charge in [-0.25, -0.2) is 0 Å². The summed E-state index contributed by atoms with van der Waals surface area (Å²) in [6.07, 6.45) is 0. The molecule has 0 radical (unpaired) electrons. The number of anilines is 3. The van der Waals surface area contributed by atoms with Crippen LogP contribution in [0.4, 0.5) is 17.1 Å². The molecular formula is C42H27N. The van der Waals surface area contributed by atoms with E-state index in [1.807, 2.05) is 0 Å². The lowest BCUT2D eigenvalue weighted by molar-refractivity contribution is 1.30. The van der Waals surface area contributed by atoms with E-state index in [9.17, 15) is 0 Å². The molecule has 0 aromatic heterocycles. The number of benzene rings is 8. The second-order valence-corrected chi connectivity index (χ2v) is 11.3. The van der Waals surface area contributed by atoms with E-state index in [-0.39, 0.29) is 0 Å². The van der Waals surface area contributed by atoms with Crippen LogP contribution in [0, 0.1) is 0 Å².